The highest BCUT2D eigenvalue weighted by Gasteiger charge is 2.05. The molecule has 0 saturated heterocycles. The summed E-state index contributed by atoms with van der Waals surface area (Å²) in [4.78, 5) is 0. The zero-order valence-electron chi connectivity index (χ0n) is 10.0. The third kappa shape index (κ3) is 2.88. The SMILES string of the molecule is CCCCOc1ccc2c(c1)CCCC=C2. The van der Waals surface area contributed by atoms with Crippen molar-refractivity contribution in [1.29, 1.82) is 0 Å². The van der Waals surface area contributed by atoms with Gasteiger partial charge in [-0.25, -0.2) is 0 Å². The van der Waals surface area contributed by atoms with Crippen molar-refractivity contribution in [2.24, 2.45) is 0 Å². The number of ether oxygens (including phenoxy) is 1. The predicted octanol–water partition coefficient (Wildman–Crippen LogP) is 4.22. The van der Waals surface area contributed by atoms with Crippen LogP contribution in [-0.4, -0.2) is 6.61 Å². The van der Waals surface area contributed by atoms with E-state index in [1.54, 1.807) is 0 Å². The zero-order valence-corrected chi connectivity index (χ0v) is 10.0. The Hall–Kier alpha value is -1.24. The van der Waals surface area contributed by atoms with Crippen molar-refractivity contribution in [3.8, 4) is 5.75 Å². The van der Waals surface area contributed by atoms with E-state index in [1.165, 1.54) is 36.8 Å². The molecule has 1 nitrogen and oxygen atoms in total. The van der Waals surface area contributed by atoms with Crippen molar-refractivity contribution in [1.82, 2.24) is 0 Å². The van der Waals surface area contributed by atoms with E-state index < -0.39 is 0 Å². The number of rotatable bonds is 4. The van der Waals surface area contributed by atoms with Crippen LogP contribution in [-0.2, 0) is 6.42 Å². The molecule has 0 N–H and O–H groups in total. The van der Waals surface area contributed by atoms with Crippen LogP contribution in [0.4, 0.5) is 0 Å². The van der Waals surface area contributed by atoms with Crippen molar-refractivity contribution in [2.45, 2.75) is 39.0 Å². The quantitative estimate of drug-likeness (QED) is 0.685. The van der Waals surface area contributed by atoms with Crippen molar-refractivity contribution >= 4 is 6.08 Å². The van der Waals surface area contributed by atoms with Gasteiger partial charge < -0.3 is 4.74 Å². The molecule has 1 aliphatic carbocycles. The summed E-state index contributed by atoms with van der Waals surface area (Å²) < 4.78 is 5.73. The number of fused-ring (bicyclic) bond motifs is 1. The Morgan fingerprint density at radius 1 is 1.31 bits per heavy atom. The smallest absolute Gasteiger partial charge is 0.119 e. The van der Waals surface area contributed by atoms with Crippen LogP contribution in [0.15, 0.2) is 24.3 Å². The largest absolute Gasteiger partial charge is 0.494 e. The number of hydrogen-bond donors (Lipinski definition) is 0. The van der Waals surface area contributed by atoms with E-state index in [0.29, 0.717) is 0 Å². The lowest BCUT2D eigenvalue weighted by molar-refractivity contribution is 0.309. The highest BCUT2D eigenvalue weighted by Crippen LogP contribution is 2.23. The van der Waals surface area contributed by atoms with Gasteiger partial charge in [-0.15, -0.1) is 0 Å². The van der Waals surface area contributed by atoms with Gasteiger partial charge >= 0.3 is 0 Å². The molecule has 2 rings (SSSR count). The molecule has 0 atom stereocenters. The molecule has 1 aromatic rings. The third-order valence-corrected chi connectivity index (χ3v) is 3.00. The third-order valence-electron chi connectivity index (χ3n) is 3.00. The molecular weight excluding hydrogens is 196 g/mol. The number of hydrogen-bond acceptors (Lipinski definition) is 1. The lowest BCUT2D eigenvalue weighted by Crippen LogP contribution is -1.97. The first-order valence-corrected chi connectivity index (χ1v) is 6.32. The van der Waals surface area contributed by atoms with Gasteiger partial charge in [0.15, 0.2) is 0 Å². The Balaban J connectivity index is 2.06. The van der Waals surface area contributed by atoms with E-state index in [1.807, 2.05) is 0 Å². The molecule has 0 saturated carbocycles. The van der Waals surface area contributed by atoms with E-state index >= 15 is 0 Å². The average Bonchev–Trinajstić information content (AvgIpc) is 2.54. The van der Waals surface area contributed by atoms with Gasteiger partial charge in [0.05, 0.1) is 6.61 Å². The van der Waals surface area contributed by atoms with E-state index in [0.717, 1.165) is 18.8 Å². The van der Waals surface area contributed by atoms with Crippen LogP contribution < -0.4 is 4.74 Å². The normalized spacial score (nSPS) is 14.3. The first-order valence-electron chi connectivity index (χ1n) is 6.32. The summed E-state index contributed by atoms with van der Waals surface area (Å²) in [5, 5.41) is 0. The maximum Gasteiger partial charge on any atom is 0.119 e. The van der Waals surface area contributed by atoms with Gasteiger partial charge in [0.1, 0.15) is 5.75 Å². The van der Waals surface area contributed by atoms with Crippen LogP contribution >= 0.6 is 0 Å². The van der Waals surface area contributed by atoms with Gasteiger partial charge in [-0.1, -0.05) is 31.6 Å². The molecule has 0 aromatic heterocycles. The topological polar surface area (TPSA) is 9.23 Å². The van der Waals surface area contributed by atoms with Crippen molar-refractivity contribution in [3.63, 3.8) is 0 Å². The summed E-state index contributed by atoms with van der Waals surface area (Å²) in [7, 11) is 0. The fourth-order valence-corrected chi connectivity index (χ4v) is 2.01. The summed E-state index contributed by atoms with van der Waals surface area (Å²) in [6.07, 6.45) is 10.4. The van der Waals surface area contributed by atoms with Crippen LogP contribution in [0, 0.1) is 0 Å². The highest BCUT2D eigenvalue weighted by atomic mass is 16.5. The maximum absolute atomic E-state index is 5.73. The van der Waals surface area contributed by atoms with Gasteiger partial charge in [0, 0.05) is 0 Å². The van der Waals surface area contributed by atoms with E-state index in [9.17, 15) is 0 Å². The second-order valence-corrected chi connectivity index (χ2v) is 4.36. The lowest BCUT2D eigenvalue weighted by Gasteiger charge is -2.09. The molecule has 1 heteroatoms. The monoisotopic (exact) mass is 216 g/mol. The molecule has 0 fully saturated rings. The van der Waals surface area contributed by atoms with E-state index in [4.69, 9.17) is 4.74 Å². The molecule has 0 amide bonds. The molecule has 1 aromatic carbocycles. The van der Waals surface area contributed by atoms with Crippen molar-refractivity contribution in [2.75, 3.05) is 6.61 Å². The Bertz CT molecular complexity index is 366. The van der Waals surface area contributed by atoms with Crippen LogP contribution in [0.25, 0.3) is 6.08 Å². The van der Waals surface area contributed by atoms with E-state index in [2.05, 4.69) is 37.3 Å². The molecule has 0 bridgehead atoms. The number of aryl methyl sites for hydroxylation is 1. The zero-order chi connectivity index (χ0) is 11.2. The van der Waals surface area contributed by atoms with Crippen LogP contribution in [0.3, 0.4) is 0 Å². The van der Waals surface area contributed by atoms with Crippen LogP contribution in [0.1, 0.15) is 43.7 Å². The lowest BCUT2D eigenvalue weighted by atomic mass is 10.0. The maximum atomic E-state index is 5.73. The fraction of sp³-hybridized carbons (Fsp3) is 0.467. The Labute approximate surface area is 98.1 Å². The molecule has 16 heavy (non-hydrogen) atoms. The minimum atomic E-state index is 0.838. The number of benzene rings is 1. The molecule has 0 radical (unpaired) electrons. The Kier molecular flexibility index (Phi) is 4.03. The van der Waals surface area contributed by atoms with Crippen LogP contribution in [0.2, 0.25) is 0 Å². The number of allylic oxidation sites excluding steroid dienone is 1. The summed E-state index contributed by atoms with van der Waals surface area (Å²) in [6.45, 7) is 3.02. The fourth-order valence-electron chi connectivity index (χ4n) is 2.01. The highest BCUT2D eigenvalue weighted by molar-refractivity contribution is 5.56. The minimum absolute atomic E-state index is 0.838. The van der Waals surface area contributed by atoms with Gasteiger partial charge in [0.2, 0.25) is 0 Å². The molecule has 0 spiro atoms. The molecular formula is C15H20O. The second kappa shape index (κ2) is 5.74. The summed E-state index contributed by atoms with van der Waals surface area (Å²) in [5.41, 5.74) is 2.79. The summed E-state index contributed by atoms with van der Waals surface area (Å²) in [5.74, 6) is 1.03. The van der Waals surface area contributed by atoms with E-state index in [-0.39, 0.29) is 0 Å². The standard InChI is InChI=1S/C15H20O/c1-2-3-11-16-15-10-9-13-7-5-4-6-8-14(13)12-15/h5,7,9-10,12H,2-4,6,8,11H2,1H3. The van der Waals surface area contributed by atoms with Crippen LogP contribution in [0.5, 0.6) is 5.75 Å². The molecule has 86 valence electrons. The summed E-state index contributed by atoms with van der Waals surface area (Å²) >= 11 is 0. The van der Waals surface area contributed by atoms with Gasteiger partial charge in [-0.3, -0.25) is 0 Å². The molecule has 0 unspecified atom stereocenters. The first kappa shape index (κ1) is 11.3. The predicted molar refractivity (Wildman–Crippen MR) is 68.8 cm³/mol. The molecule has 0 aliphatic heterocycles. The Morgan fingerprint density at radius 3 is 3.12 bits per heavy atom. The minimum Gasteiger partial charge on any atom is -0.494 e. The van der Waals surface area contributed by atoms with Gasteiger partial charge in [-0.2, -0.15) is 0 Å². The molecule has 0 heterocycles. The van der Waals surface area contributed by atoms with Gasteiger partial charge in [0.25, 0.3) is 0 Å². The summed E-state index contributed by atoms with van der Waals surface area (Å²) in [6, 6.07) is 6.48. The second-order valence-electron chi connectivity index (χ2n) is 4.36. The van der Waals surface area contributed by atoms with Crippen molar-refractivity contribution in [3.05, 3.63) is 35.4 Å². The molecule has 1 aliphatic rings. The van der Waals surface area contributed by atoms with Gasteiger partial charge in [-0.05, 0) is 48.9 Å². The van der Waals surface area contributed by atoms with Crippen molar-refractivity contribution < 1.29 is 4.74 Å². The number of unbranched alkanes of at least 4 members (excludes halogenated alkanes) is 1. The Morgan fingerprint density at radius 2 is 2.25 bits per heavy atom. The average molecular weight is 216 g/mol. The first-order chi connectivity index (χ1) is 7.90.